The van der Waals surface area contributed by atoms with Gasteiger partial charge < -0.3 is 139 Å². The van der Waals surface area contributed by atoms with Crippen LogP contribution >= 0.6 is 7.82 Å². The Kier molecular flexibility index (Phi) is 42.2. The van der Waals surface area contributed by atoms with Crippen LogP contribution in [-0.4, -0.2) is 309 Å². The van der Waals surface area contributed by atoms with E-state index >= 15 is 0 Å². The van der Waals surface area contributed by atoms with E-state index in [0.29, 0.717) is 25.7 Å². The standard InChI is InChI=1S/C68H119O33P/c1-3-5-7-9-11-13-15-17-18-19-21-22-24-26-28-30-32-45(71)90-36-40(94-46(72)33-31-29-27-25-23-20-16-14-12-10-8-6-4-2)37-93-102(88,89)101-64-62(99-67-60(86)52(78)48(74)42(35-70)96-67)56(82)55(81)57(83)63(64)100-68-61(87)54(80)50(76)44(98-68)39-92-66-59(85)53(79)49(75)43(97-66)38-91-65-58(84)51(77)47(73)41(34-69)95-65/h13-16,18-19,40-44,47-70,73-87H,3-12,17,20-39H2,1-2H3,(H,88,89)/b15-13-,16-14-,19-18-/t40-,41?,42?,43?,44?,47+,48-,49+,50+,51?,52?,53?,54?,55+,56?,57?,58+,59+,60-,61+,62-,63?,64+,65-,66-,67-,68+/m1/s1. The first kappa shape index (κ1) is 89.9. The summed E-state index contributed by atoms with van der Waals surface area (Å²) in [5, 5.41) is 183. The van der Waals surface area contributed by atoms with Gasteiger partial charge in [-0.3, -0.25) is 18.6 Å². The molecule has 594 valence electrons. The Bertz CT molecular complexity index is 2430. The van der Waals surface area contributed by atoms with Crippen molar-refractivity contribution in [2.24, 2.45) is 0 Å². The minimum Gasteiger partial charge on any atom is -0.462 e. The second kappa shape index (κ2) is 47.9. The number of phosphoric ester groups is 1. The Morgan fingerprint density at radius 2 is 0.735 bits per heavy atom. The SMILES string of the molecule is CCCCCC/C=C\C/C=C\CCCCCCCC(=O)OC[C@H](COP(=O)(O)O[C@@H]1C(O[C@@H]2OC(CO[C@@H]3OC(CO[C@@H]4OC(CO)[C@H](O)C(O)[C@@H]4O)[C@H](O)C(O)[C@@H]3O)[C@H](O)C(O)[C@@H]2O)C(O)[C@@H](O)C(O)[C@H]1O[C@H]1OC(CO)[C@@H](O)C(O)[C@H]1O)OC(=O)CCCCCCC/C=C\CCCCCC. The van der Waals surface area contributed by atoms with Crippen LogP contribution in [0.2, 0.25) is 0 Å². The number of ether oxygens (including phenoxy) is 10. The van der Waals surface area contributed by atoms with Crippen LogP contribution in [0.1, 0.15) is 174 Å². The third-order valence-corrected chi connectivity index (χ3v) is 19.6. The van der Waals surface area contributed by atoms with Crippen LogP contribution in [0.25, 0.3) is 0 Å². The number of aliphatic hydroxyl groups is 17. The smallest absolute Gasteiger partial charge is 0.462 e. The molecule has 0 spiro atoms. The highest BCUT2D eigenvalue weighted by molar-refractivity contribution is 7.47. The van der Waals surface area contributed by atoms with E-state index in [0.717, 1.165) is 77.0 Å². The van der Waals surface area contributed by atoms with Gasteiger partial charge in [-0.2, -0.15) is 0 Å². The fraction of sp³-hybridized carbons (Fsp3) is 0.882. The average molecular weight is 1500 g/mol. The van der Waals surface area contributed by atoms with Crippen LogP contribution < -0.4 is 0 Å². The first-order chi connectivity index (χ1) is 48.8. The molecule has 1 aliphatic carbocycles. The molecule has 0 bridgehead atoms. The van der Waals surface area contributed by atoms with Crippen LogP contribution in [-0.2, 0) is 70.6 Å². The molecule has 18 N–H and O–H groups in total. The second-order valence-electron chi connectivity index (χ2n) is 26.9. The largest absolute Gasteiger partial charge is 0.472 e. The number of esters is 2. The van der Waals surface area contributed by atoms with E-state index in [9.17, 15) is 106 Å². The van der Waals surface area contributed by atoms with Crippen LogP contribution in [0.4, 0.5) is 0 Å². The van der Waals surface area contributed by atoms with Crippen LogP contribution in [0.5, 0.6) is 0 Å². The predicted molar refractivity (Wildman–Crippen MR) is 356 cm³/mol. The highest BCUT2D eigenvalue weighted by Crippen LogP contribution is 2.49. The average Bonchev–Trinajstić information content (AvgIpc) is 0.760. The van der Waals surface area contributed by atoms with Crippen molar-refractivity contribution in [3.05, 3.63) is 36.5 Å². The van der Waals surface area contributed by atoms with Crippen molar-refractivity contribution in [1.29, 1.82) is 0 Å². The predicted octanol–water partition coefficient (Wildman–Crippen LogP) is -0.481. The molecular formula is C68H119O33P. The molecule has 33 nitrogen and oxygen atoms in total. The third-order valence-electron chi connectivity index (χ3n) is 18.6. The van der Waals surface area contributed by atoms with Gasteiger partial charge in [0.05, 0.1) is 33.0 Å². The Morgan fingerprint density at radius 1 is 0.392 bits per heavy atom. The summed E-state index contributed by atoms with van der Waals surface area (Å²) in [6, 6.07) is 0. The molecule has 4 saturated heterocycles. The van der Waals surface area contributed by atoms with Gasteiger partial charge in [0.1, 0.15) is 141 Å². The number of allylic oxidation sites excluding steroid dienone is 6. The molecule has 34 heteroatoms. The highest BCUT2D eigenvalue weighted by atomic mass is 31.2. The van der Waals surface area contributed by atoms with E-state index in [-0.39, 0.29) is 12.8 Å². The molecule has 5 fully saturated rings. The molecule has 12 unspecified atom stereocenters. The zero-order valence-electron chi connectivity index (χ0n) is 58.6. The van der Waals surface area contributed by atoms with Crippen molar-refractivity contribution in [2.75, 3.05) is 39.6 Å². The van der Waals surface area contributed by atoms with Crippen molar-refractivity contribution in [3.8, 4) is 0 Å². The van der Waals surface area contributed by atoms with Gasteiger partial charge >= 0.3 is 19.8 Å². The minimum absolute atomic E-state index is 0.0237. The molecule has 0 radical (unpaired) electrons. The summed E-state index contributed by atoms with van der Waals surface area (Å²) >= 11 is 0. The van der Waals surface area contributed by atoms with Gasteiger partial charge in [-0.05, 0) is 70.6 Å². The normalized spacial score (nSPS) is 36.4. The van der Waals surface area contributed by atoms with Gasteiger partial charge in [-0.25, -0.2) is 4.57 Å². The van der Waals surface area contributed by atoms with Crippen molar-refractivity contribution in [2.45, 2.75) is 340 Å². The Morgan fingerprint density at radius 3 is 1.17 bits per heavy atom. The topological polar surface area (TPSA) is 526 Å². The first-order valence-corrected chi connectivity index (χ1v) is 37.8. The molecule has 0 aromatic carbocycles. The number of unbranched alkanes of at least 4 members (excludes halogenated alkanes) is 18. The number of carbonyl (C=O) groups excluding carboxylic acids is 2. The van der Waals surface area contributed by atoms with Gasteiger partial charge in [0, 0.05) is 12.8 Å². The first-order valence-electron chi connectivity index (χ1n) is 36.3. The number of carbonyl (C=O) groups is 2. The number of hydrogen-bond acceptors (Lipinski definition) is 32. The number of phosphoric acid groups is 1. The summed E-state index contributed by atoms with van der Waals surface area (Å²) in [5.74, 6) is -1.48. The second-order valence-corrected chi connectivity index (χ2v) is 28.3. The summed E-state index contributed by atoms with van der Waals surface area (Å²) in [7, 11) is -5.82. The quantitative estimate of drug-likeness (QED) is 0.0158. The van der Waals surface area contributed by atoms with E-state index in [1.165, 1.54) is 44.9 Å². The molecule has 0 amide bonds. The van der Waals surface area contributed by atoms with Crippen LogP contribution in [0, 0.1) is 0 Å². The molecule has 4 aliphatic heterocycles. The Balaban J connectivity index is 1.29. The fourth-order valence-corrected chi connectivity index (χ4v) is 13.2. The maximum absolute atomic E-state index is 14.4. The molecule has 0 aromatic rings. The zero-order valence-corrected chi connectivity index (χ0v) is 59.5. The molecule has 5 rings (SSSR count). The molecule has 5 aliphatic rings. The summed E-state index contributed by atoms with van der Waals surface area (Å²) in [6.45, 7) is -0.982. The lowest BCUT2D eigenvalue weighted by Gasteiger charge is -2.49. The summed E-state index contributed by atoms with van der Waals surface area (Å²) in [5.41, 5.74) is 0. The van der Waals surface area contributed by atoms with Gasteiger partial charge in [0.25, 0.3) is 0 Å². The molecule has 0 aromatic heterocycles. The monoisotopic (exact) mass is 1490 g/mol. The van der Waals surface area contributed by atoms with Crippen molar-refractivity contribution in [1.82, 2.24) is 0 Å². The minimum atomic E-state index is -5.82. The molecule has 4 heterocycles. The van der Waals surface area contributed by atoms with Crippen LogP contribution in [0.15, 0.2) is 36.5 Å². The van der Waals surface area contributed by atoms with Gasteiger partial charge in [0.15, 0.2) is 31.3 Å². The van der Waals surface area contributed by atoms with Crippen LogP contribution in [0.3, 0.4) is 0 Å². The lowest BCUT2D eigenvalue weighted by Crippen LogP contribution is -2.69. The lowest BCUT2D eigenvalue weighted by molar-refractivity contribution is -0.365. The van der Waals surface area contributed by atoms with E-state index in [2.05, 4.69) is 50.3 Å². The number of rotatable bonds is 48. The summed E-state index contributed by atoms with van der Waals surface area (Å²) in [6.07, 6.45) is -21.0. The molecule has 1 saturated carbocycles. The number of hydrogen-bond donors (Lipinski definition) is 18. The van der Waals surface area contributed by atoms with Crippen molar-refractivity contribution < 1.29 is 162 Å². The number of aliphatic hydroxyl groups excluding tert-OH is 17. The van der Waals surface area contributed by atoms with Gasteiger partial charge in [-0.15, -0.1) is 0 Å². The van der Waals surface area contributed by atoms with Gasteiger partial charge in [-0.1, -0.05) is 127 Å². The zero-order chi connectivity index (χ0) is 74.9. The maximum atomic E-state index is 14.4. The van der Waals surface area contributed by atoms with E-state index < -0.39 is 225 Å². The Hall–Kier alpha value is -2.73. The lowest BCUT2D eigenvalue weighted by atomic mass is 9.84. The van der Waals surface area contributed by atoms with E-state index in [1.54, 1.807) is 0 Å². The highest BCUT2D eigenvalue weighted by Gasteiger charge is 2.59. The maximum Gasteiger partial charge on any atom is 0.472 e. The third kappa shape index (κ3) is 29.0. The summed E-state index contributed by atoms with van der Waals surface area (Å²) in [4.78, 5) is 38.1. The molecular weight excluding hydrogens is 1380 g/mol. The van der Waals surface area contributed by atoms with Crippen molar-refractivity contribution >= 4 is 19.8 Å². The van der Waals surface area contributed by atoms with Gasteiger partial charge in [0.2, 0.25) is 0 Å². The fourth-order valence-electron chi connectivity index (χ4n) is 12.3. The Labute approximate surface area is 596 Å². The van der Waals surface area contributed by atoms with Crippen molar-refractivity contribution in [3.63, 3.8) is 0 Å². The molecule has 102 heavy (non-hydrogen) atoms. The van der Waals surface area contributed by atoms with E-state index in [4.69, 9.17) is 56.4 Å². The van der Waals surface area contributed by atoms with E-state index in [1.807, 2.05) is 0 Å². The summed E-state index contributed by atoms with van der Waals surface area (Å²) < 4.78 is 81.4. The molecule has 28 atom stereocenters.